The molecule has 0 unspecified atom stereocenters. The monoisotopic (exact) mass is 216 g/mol. The summed E-state index contributed by atoms with van der Waals surface area (Å²) in [6, 6.07) is 9.56. The van der Waals surface area contributed by atoms with Crippen molar-refractivity contribution < 1.29 is 9.47 Å². The highest BCUT2D eigenvalue weighted by molar-refractivity contribution is 9.09. The maximum absolute atomic E-state index is 5.19. The summed E-state index contributed by atoms with van der Waals surface area (Å²) in [7, 11) is 0. The van der Waals surface area contributed by atoms with Gasteiger partial charge in [-0.15, -0.1) is 0 Å². The van der Waals surface area contributed by atoms with Crippen molar-refractivity contribution in [1.82, 2.24) is 0 Å². The second-order valence-electron chi connectivity index (χ2n) is 1.89. The molecule has 3 heteroatoms. The van der Waals surface area contributed by atoms with E-state index in [0.717, 1.165) is 5.75 Å². The topological polar surface area (TPSA) is 18.5 Å². The van der Waals surface area contributed by atoms with E-state index in [-0.39, 0.29) is 6.79 Å². The molecule has 0 bridgehead atoms. The lowest BCUT2D eigenvalue weighted by atomic mass is 10.3. The second kappa shape index (κ2) is 5.16. The van der Waals surface area contributed by atoms with Crippen molar-refractivity contribution in [2.24, 2.45) is 0 Å². The maximum atomic E-state index is 5.19. The van der Waals surface area contributed by atoms with Crippen LogP contribution in [0.4, 0.5) is 0 Å². The first kappa shape index (κ1) is 8.56. The summed E-state index contributed by atoms with van der Waals surface area (Å²) in [4.78, 5) is 0. The third-order valence-electron chi connectivity index (χ3n) is 1.13. The largest absolute Gasteiger partial charge is 0.468 e. The van der Waals surface area contributed by atoms with Crippen molar-refractivity contribution in [3.8, 4) is 5.75 Å². The molecule has 1 aromatic rings. The molecule has 0 aliphatic rings. The SMILES string of the molecule is BrCOCOc1ccccc1. The molecule has 0 saturated carbocycles. The minimum Gasteiger partial charge on any atom is -0.468 e. The van der Waals surface area contributed by atoms with Crippen LogP contribution >= 0.6 is 15.9 Å². The average Bonchev–Trinajstić information content (AvgIpc) is 2.07. The normalized spacial score (nSPS) is 9.55. The number of hydrogen-bond donors (Lipinski definition) is 0. The lowest BCUT2D eigenvalue weighted by Gasteiger charge is -2.03. The fourth-order valence-electron chi connectivity index (χ4n) is 0.658. The lowest BCUT2D eigenvalue weighted by molar-refractivity contribution is 0.0441. The van der Waals surface area contributed by atoms with Crippen LogP contribution in [0.5, 0.6) is 5.75 Å². The van der Waals surface area contributed by atoms with Gasteiger partial charge in [0.15, 0.2) is 6.79 Å². The maximum Gasteiger partial charge on any atom is 0.190 e. The smallest absolute Gasteiger partial charge is 0.190 e. The van der Waals surface area contributed by atoms with E-state index in [1.54, 1.807) is 0 Å². The molecule has 0 aliphatic carbocycles. The fraction of sp³-hybridized carbons (Fsp3) is 0.250. The molecule has 0 atom stereocenters. The highest BCUT2D eigenvalue weighted by atomic mass is 79.9. The Bertz CT molecular complexity index is 189. The van der Waals surface area contributed by atoms with Crippen LogP contribution in [0.25, 0.3) is 0 Å². The number of benzene rings is 1. The molecule has 0 amide bonds. The first-order valence-electron chi connectivity index (χ1n) is 3.25. The molecule has 0 radical (unpaired) electrons. The second-order valence-corrected chi connectivity index (χ2v) is 2.35. The van der Waals surface area contributed by atoms with E-state index in [1.165, 1.54) is 0 Å². The number of alkyl halides is 1. The van der Waals surface area contributed by atoms with Gasteiger partial charge in [0, 0.05) is 0 Å². The summed E-state index contributed by atoms with van der Waals surface area (Å²) in [5.41, 5.74) is 0.500. The zero-order valence-corrected chi connectivity index (χ0v) is 7.58. The van der Waals surface area contributed by atoms with Crippen LogP contribution in [0.3, 0.4) is 0 Å². The molecule has 11 heavy (non-hydrogen) atoms. The van der Waals surface area contributed by atoms with Gasteiger partial charge in [-0.1, -0.05) is 34.1 Å². The molecule has 0 aromatic heterocycles. The van der Waals surface area contributed by atoms with Gasteiger partial charge in [-0.2, -0.15) is 0 Å². The average molecular weight is 217 g/mol. The van der Waals surface area contributed by atoms with Crippen LogP contribution in [0.2, 0.25) is 0 Å². The van der Waals surface area contributed by atoms with Gasteiger partial charge < -0.3 is 9.47 Å². The minimum absolute atomic E-state index is 0.287. The molecule has 60 valence electrons. The summed E-state index contributed by atoms with van der Waals surface area (Å²) in [6.45, 7) is 0.287. The molecular formula is C8H9BrO2. The predicted molar refractivity (Wildman–Crippen MR) is 46.8 cm³/mol. The van der Waals surface area contributed by atoms with Crippen LogP contribution < -0.4 is 4.74 Å². The Balaban J connectivity index is 2.28. The Morgan fingerprint density at radius 2 is 1.91 bits per heavy atom. The van der Waals surface area contributed by atoms with Crippen molar-refractivity contribution in [1.29, 1.82) is 0 Å². The van der Waals surface area contributed by atoms with Gasteiger partial charge >= 0.3 is 0 Å². The van der Waals surface area contributed by atoms with Crippen LogP contribution in [0.1, 0.15) is 0 Å². The molecular weight excluding hydrogens is 208 g/mol. The summed E-state index contributed by atoms with van der Waals surface area (Å²) in [6.07, 6.45) is 0. The van der Waals surface area contributed by atoms with E-state index in [2.05, 4.69) is 15.9 Å². The molecule has 1 aromatic carbocycles. The van der Waals surface area contributed by atoms with Crippen LogP contribution in [-0.2, 0) is 4.74 Å². The van der Waals surface area contributed by atoms with Gasteiger partial charge in [-0.25, -0.2) is 0 Å². The first-order chi connectivity index (χ1) is 5.43. The van der Waals surface area contributed by atoms with Gasteiger partial charge in [0.05, 0.1) is 0 Å². The zero-order chi connectivity index (χ0) is 7.94. The number of halogens is 1. The third kappa shape index (κ3) is 3.39. The van der Waals surface area contributed by atoms with Gasteiger partial charge in [0.25, 0.3) is 0 Å². The molecule has 0 saturated heterocycles. The van der Waals surface area contributed by atoms with E-state index in [4.69, 9.17) is 9.47 Å². The molecule has 0 N–H and O–H groups in total. The highest BCUT2D eigenvalue weighted by Crippen LogP contribution is 2.07. The van der Waals surface area contributed by atoms with Gasteiger partial charge in [-0.3, -0.25) is 0 Å². The molecule has 0 spiro atoms. The van der Waals surface area contributed by atoms with Gasteiger partial charge in [0.1, 0.15) is 11.3 Å². The van der Waals surface area contributed by atoms with Crippen molar-refractivity contribution in [3.05, 3.63) is 30.3 Å². The van der Waals surface area contributed by atoms with E-state index >= 15 is 0 Å². The summed E-state index contributed by atoms with van der Waals surface area (Å²) < 4.78 is 10.1. The van der Waals surface area contributed by atoms with Crippen molar-refractivity contribution in [2.45, 2.75) is 0 Å². The molecule has 0 heterocycles. The zero-order valence-electron chi connectivity index (χ0n) is 6.00. The van der Waals surface area contributed by atoms with Crippen LogP contribution in [0.15, 0.2) is 30.3 Å². The summed E-state index contributed by atoms with van der Waals surface area (Å²) in [5.74, 6) is 0.827. The van der Waals surface area contributed by atoms with Crippen molar-refractivity contribution >= 4 is 15.9 Å². The quantitative estimate of drug-likeness (QED) is 0.438. The van der Waals surface area contributed by atoms with Crippen LogP contribution in [0, 0.1) is 0 Å². The fourth-order valence-corrected chi connectivity index (χ4v) is 0.790. The van der Waals surface area contributed by atoms with Crippen molar-refractivity contribution in [2.75, 3.05) is 12.3 Å². The van der Waals surface area contributed by atoms with E-state index in [1.807, 2.05) is 30.3 Å². The molecule has 0 aliphatic heterocycles. The summed E-state index contributed by atoms with van der Waals surface area (Å²) in [5, 5.41) is 0. The molecule has 1 rings (SSSR count). The highest BCUT2D eigenvalue weighted by Gasteiger charge is 1.88. The number of ether oxygens (including phenoxy) is 2. The molecule has 2 nitrogen and oxygen atoms in total. The van der Waals surface area contributed by atoms with E-state index in [0.29, 0.717) is 5.52 Å². The number of hydrogen-bond acceptors (Lipinski definition) is 2. The van der Waals surface area contributed by atoms with E-state index in [9.17, 15) is 0 Å². The lowest BCUT2D eigenvalue weighted by Crippen LogP contribution is -2.00. The Hall–Kier alpha value is -0.540. The van der Waals surface area contributed by atoms with Crippen molar-refractivity contribution in [3.63, 3.8) is 0 Å². The Morgan fingerprint density at radius 1 is 1.18 bits per heavy atom. The first-order valence-corrected chi connectivity index (χ1v) is 4.37. The third-order valence-corrected chi connectivity index (χ3v) is 1.45. The number of rotatable bonds is 4. The van der Waals surface area contributed by atoms with Gasteiger partial charge in [-0.05, 0) is 12.1 Å². The Kier molecular flexibility index (Phi) is 4.01. The predicted octanol–water partition coefficient (Wildman–Crippen LogP) is 2.39. The van der Waals surface area contributed by atoms with E-state index < -0.39 is 0 Å². The number of para-hydroxylation sites is 1. The minimum atomic E-state index is 0.287. The Morgan fingerprint density at radius 3 is 2.55 bits per heavy atom. The standard InChI is InChI=1S/C8H9BrO2/c9-6-10-7-11-8-4-2-1-3-5-8/h1-5H,6-7H2. The molecule has 0 fully saturated rings. The van der Waals surface area contributed by atoms with Crippen LogP contribution in [-0.4, -0.2) is 12.3 Å². The Labute approximate surface area is 74.3 Å². The summed E-state index contributed by atoms with van der Waals surface area (Å²) >= 11 is 3.12. The van der Waals surface area contributed by atoms with Gasteiger partial charge in [0.2, 0.25) is 0 Å².